The van der Waals surface area contributed by atoms with Crippen LogP contribution >= 0.6 is 0 Å². The molecule has 0 atom stereocenters. The normalized spacial score (nSPS) is 20.9. The van der Waals surface area contributed by atoms with Gasteiger partial charge in [-0.1, -0.05) is 6.07 Å². The zero-order chi connectivity index (χ0) is 16.9. The zero-order valence-corrected chi connectivity index (χ0v) is 14.9. The molecule has 2 aliphatic rings. The van der Waals surface area contributed by atoms with Gasteiger partial charge in [0.1, 0.15) is 0 Å². The maximum atomic E-state index is 12.3. The summed E-state index contributed by atoms with van der Waals surface area (Å²) in [5.41, 5.74) is 3.35. The Morgan fingerprint density at radius 1 is 1.12 bits per heavy atom. The number of ether oxygens (including phenoxy) is 1. The molecule has 1 amide bonds. The summed E-state index contributed by atoms with van der Waals surface area (Å²) in [6.07, 6.45) is 2.30. The van der Waals surface area contributed by atoms with Gasteiger partial charge in [-0.3, -0.25) is 14.6 Å². The van der Waals surface area contributed by atoms with E-state index in [0.29, 0.717) is 12.6 Å². The van der Waals surface area contributed by atoms with Gasteiger partial charge >= 0.3 is 0 Å². The minimum atomic E-state index is 0.0862. The van der Waals surface area contributed by atoms with Crippen LogP contribution in [0.1, 0.15) is 24.0 Å². The second kappa shape index (κ2) is 8.10. The van der Waals surface area contributed by atoms with E-state index in [1.54, 1.807) is 0 Å². The number of carbonyl (C=O) groups is 1. The van der Waals surface area contributed by atoms with Crippen molar-refractivity contribution in [3.63, 3.8) is 0 Å². The van der Waals surface area contributed by atoms with Gasteiger partial charge in [-0.2, -0.15) is 0 Å². The van der Waals surface area contributed by atoms with Crippen LogP contribution in [0, 0.1) is 13.8 Å². The Morgan fingerprint density at radius 3 is 2.50 bits per heavy atom. The van der Waals surface area contributed by atoms with Crippen LogP contribution in [0.25, 0.3) is 0 Å². The first kappa shape index (κ1) is 17.4. The van der Waals surface area contributed by atoms with Crippen molar-refractivity contribution in [2.75, 3.05) is 51.3 Å². The molecule has 2 aliphatic heterocycles. The van der Waals surface area contributed by atoms with Crippen LogP contribution in [0.2, 0.25) is 0 Å². The van der Waals surface area contributed by atoms with E-state index >= 15 is 0 Å². The molecule has 2 saturated heterocycles. The third-order valence-corrected chi connectivity index (χ3v) is 5.28. The molecule has 0 aromatic heterocycles. The number of benzene rings is 1. The summed E-state index contributed by atoms with van der Waals surface area (Å²) in [7, 11) is 0. The van der Waals surface area contributed by atoms with E-state index in [0.717, 1.165) is 57.9 Å². The molecule has 5 nitrogen and oxygen atoms in total. The average Bonchev–Trinajstić information content (AvgIpc) is 2.59. The topological polar surface area (TPSA) is 44.8 Å². The third kappa shape index (κ3) is 4.56. The van der Waals surface area contributed by atoms with Crippen molar-refractivity contribution in [3.05, 3.63) is 29.3 Å². The van der Waals surface area contributed by atoms with Crippen LogP contribution in [0.5, 0.6) is 0 Å². The standard InChI is InChI=1S/C19H29N3O2/c1-15-3-4-17(13-16(15)2)20-19(23)14-21-7-5-18(6-8-21)22-9-11-24-12-10-22/h3-4,13,18H,5-12,14H2,1-2H3,(H,20,23). The van der Waals surface area contributed by atoms with E-state index in [4.69, 9.17) is 4.74 Å². The maximum Gasteiger partial charge on any atom is 0.238 e. The SMILES string of the molecule is Cc1ccc(NC(=O)CN2CCC(N3CCOCC3)CC2)cc1C. The minimum absolute atomic E-state index is 0.0862. The lowest BCUT2D eigenvalue weighted by Crippen LogP contribution is -2.50. The number of likely N-dealkylation sites (tertiary alicyclic amines) is 1. The summed E-state index contributed by atoms with van der Waals surface area (Å²) < 4.78 is 5.43. The molecular formula is C19H29N3O2. The largest absolute Gasteiger partial charge is 0.379 e. The number of nitrogens with one attached hydrogen (secondary N) is 1. The highest BCUT2D eigenvalue weighted by atomic mass is 16.5. The fourth-order valence-corrected chi connectivity index (χ4v) is 3.61. The quantitative estimate of drug-likeness (QED) is 0.917. The maximum absolute atomic E-state index is 12.3. The highest BCUT2D eigenvalue weighted by Gasteiger charge is 2.26. The number of morpholine rings is 1. The van der Waals surface area contributed by atoms with E-state index < -0.39 is 0 Å². The fourth-order valence-electron chi connectivity index (χ4n) is 3.61. The Kier molecular flexibility index (Phi) is 5.87. The smallest absolute Gasteiger partial charge is 0.238 e. The first-order valence-electron chi connectivity index (χ1n) is 9.03. The van der Waals surface area contributed by atoms with Crippen molar-refractivity contribution in [2.45, 2.75) is 32.7 Å². The van der Waals surface area contributed by atoms with Gasteiger partial charge in [-0.05, 0) is 49.9 Å². The molecule has 0 bridgehead atoms. The molecule has 0 unspecified atom stereocenters. The molecule has 1 aromatic rings. The molecular weight excluding hydrogens is 302 g/mol. The lowest BCUT2D eigenvalue weighted by Gasteiger charge is -2.39. The molecule has 1 aromatic carbocycles. The second-order valence-electron chi connectivity index (χ2n) is 7.00. The van der Waals surface area contributed by atoms with Crippen LogP contribution in [-0.4, -0.2) is 67.7 Å². The lowest BCUT2D eigenvalue weighted by atomic mass is 10.0. The molecule has 0 aliphatic carbocycles. The van der Waals surface area contributed by atoms with Crippen LogP contribution in [0.4, 0.5) is 5.69 Å². The number of piperidine rings is 1. The first-order chi connectivity index (χ1) is 11.6. The molecule has 0 spiro atoms. The van der Waals surface area contributed by atoms with Crippen molar-refractivity contribution in [3.8, 4) is 0 Å². The van der Waals surface area contributed by atoms with E-state index in [9.17, 15) is 4.79 Å². The highest BCUT2D eigenvalue weighted by Crippen LogP contribution is 2.18. The minimum Gasteiger partial charge on any atom is -0.379 e. The number of hydrogen-bond acceptors (Lipinski definition) is 4. The molecule has 5 heteroatoms. The Labute approximate surface area is 145 Å². The van der Waals surface area contributed by atoms with Gasteiger partial charge in [0.25, 0.3) is 0 Å². The Hall–Kier alpha value is -1.43. The summed E-state index contributed by atoms with van der Waals surface area (Å²) in [5.74, 6) is 0.0862. The zero-order valence-electron chi connectivity index (χ0n) is 14.9. The average molecular weight is 331 g/mol. The van der Waals surface area contributed by atoms with E-state index in [1.165, 1.54) is 11.1 Å². The molecule has 0 radical (unpaired) electrons. The molecule has 2 heterocycles. The monoisotopic (exact) mass is 331 g/mol. The second-order valence-corrected chi connectivity index (χ2v) is 7.00. The summed E-state index contributed by atoms with van der Waals surface area (Å²) in [6, 6.07) is 6.73. The van der Waals surface area contributed by atoms with E-state index in [1.807, 2.05) is 12.1 Å². The lowest BCUT2D eigenvalue weighted by molar-refractivity contribution is -0.117. The van der Waals surface area contributed by atoms with Gasteiger partial charge in [0.15, 0.2) is 0 Å². The van der Waals surface area contributed by atoms with Crippen molar-refractivity contribution in [1.29, 1.82) is 0 Å². The molecule has 3 rings (SSSR count). The molecule has 24 heavy (non-hydrogen) atoms. The fraction of sp³-hybridized carbons (Fsp3) is 0.632. The Morgan fingerprint density at radius 2 is 1.83 bits per heavy atom. The summed E-state index contributed by atoms with van der Waals surface area (Å²) in [5, 5.41) is 3.02. The van der Waals surface area contributed by atoms with Gasteiger partial charge in [0.05, 0.1) is 19.8 Å². The predicted octanol–water partition coefficient (Wildman–Crippen LogP) is 2.04. The van der Waals surface area contributed by atoms with Crippen LogP contribution in [0.3, 0.4) is 0 Å². The number of nitrogens with zero attached hydrogens (tertiary/aromatic N) is 2. The Balaban J connectivity index is 1.43. The number of amides is 1. The van der Waals surface area contributed by atoms with Crippen LogP contribution in [-0.2, 0) is 9.53 Å². The van der Waals surface area contributed by atoms with Crippen molar-refractivity contribution in [2.24, 2.45) is 0 Å². The Bertz CT molecular complexity index is 562. The summed E-state index contributed by atoms with van der Waals surface area (Å²) in [6.45, 7) is 10.5. The van der Waals surface area contributed by atoms with Crippen LogP contribution in [0.15, 0.2) is 18.2 Å². The van der Waals surface area contributed by atoms with Crippen molar-refractivity contribution < 1.29 is 9.53 Å². The van der Waals surface area contributed by atoms with Gasteiger partial charge < -0.3 is 10.1 Å². The van der Waals surface area contributed by atoms with Gasteiger partial charge in [-0.15, -0.1) is 0 Å². The number of anilines is 1. The van der Waals surface area contributed by atoms with E-state index in [-0.39, 0.29) is 5.91 Å². The van der Waals surface area contributed by atoms with Gasteiger partial charge in [0.2, 0.25) is 5.91 Å². The third-order valence-electron chi connectivity index (χ3n) is 5.28. The molecule has 132 valence electrons. The molecule has 2 fully saturated rings. The number of hydrogen-bond donors (Lipinski definition) is 1. The van der Waals surface area contributed by atoms with Crippen molar-refractivity contribution >= 4 is 11.6 Å². The number of rotatable bonds is 4. The first-order valence-corrected chi connectivity index (χ1v) is 9.03. The highest BCUT2D eigenvalue weighted by molar-refractivity contribution is 5.92. The molecule has 0 saturated carbocycles. The van der Waals surface area contributed by atoms with Crippen molar-refractivity contribution in [1.82, 2.24) is 9.80 Å². The number of aryl methyl sites for hydroxylation is 2. The van der Waals surface area contributed by atoms with Gasteiger partial charge in [0, 0.05) is 37.9 Å². The van der Waals surface area contributed by atoms with Gasteiger partial charge in [-0.25, -0.2) is 0 Å². The molecule has 1 N–H and O–H groups in total. The summed E-state index contributed by atoms with van der Waals surface area (Å²) >= 11 is 0. The summed E-state index contributed by atoms with van der Waals surface area (Å²) in [4.78, 5) is 17.1. The van der Waals surface area contributed by atoms with Crippen LogP contribution < -0.4 is 5.32 Å². The number of carbonyl (C=O) groups excluding carboxylic acids is 1. The van der Waals surface area contributed by atoms with E-state index in [2.05, 4.69) is 35.0 Å². The predicted molar refractivity (Wildman–Crippen MR) is 96.4 cm³/mol.